The Balaban J connectivity index is 1.30. The molecule has 4 aromatic rings. The summed E-state index contributed by atoms with van der Waals surface area (Å²) in [6.07, 6.45) is -2.74. The fourth-order valence-corrected chi connectivity index (χ4v) is 4.33. The highest BCUT2D eigenvalue weighted by Gasteiger charge is 2.30. The number of pyridine rings is 2. The van der Waals surface area contributed by atoms with Crippen LogP contribution < -0.4 is 5.32 Å². The van der Waals surface area contributed by atoms with E-state index in [0.717, 1.165) is 56.1 Å². The number of para-hydroxylation sites is 1. The van der Waals surface area contributed by atoms with E-state index in [2.05, 4.69) is 20.2 Å². The van der Waals surface area contributed by atoms with Crippen molar-refractivity contribution in [2.24, 2.45) is 0 Å². The van der Waals surface area contributed by atoms with Gasteiger partial charge in [0, 0.05) is 30.6 Å². The van der Waals surface area contributed by atoms with E-state index in [-0.39, 0.29) is 12.3 Å². The smallest absolute Gasteiger partial charge is 0.379 e. The lowest BCUT2D eigenvalue weighted by molar-refractivity contribution is -0.137. The van der Waals surface area contributed by atoms with E-state index in [9.17, 15) is 18.0 Å². The first-order valence-corrected chi connectivity index (χ1v) is 12.0. The third kappa shape index (κ3) is 6.12. The minimum atomic E-state index is -4.44. The van der Waals surface area contributed by atoms with Gasteiger partial charge in [0.2, 0.25) is 5.91 Å². The number of aromatic nitrogens is 2. The summed E-state index contributed by atoms with van der Waals surface area (Å²) in [4.78, 5) is 24.2. The van der Waals surface area contributed by atoms with Crippen molar-refractivity contribution < 1.29 is 22.7 Å². The predicted molar refractivity (Wildman–Crippen MR) is 135 cm³/mol. The van der Waals surface area contributed by atoms with Crippen molar-refractivity contribution >= 4 is 22.5 Å². The fraction of sp³-hybridized carbons (Fsp3) is 0.250. The van der Waals surface area contributed by atoms with Crippen molar-refractivity contribution in [1.29, 1.82) is 0 Å². The second-order valence-corrected chi connectivity index (χ2v) is 8.92. The number of alkyl halides is 3. The molecule has 0 unspecified atom stereocenters. The maximum absolute atomic E-state index is 13.2. The molecule has 0 spiro atoms. The first kappa shape index (κ1) is 24.9. The Kier molecular flexibility index (Phi) is 7.16. The van der Waals surface area contributed by atoms with Gasteiger partial charge >= 0.3 is 6.18 Å². The van der Waals surface area contributed by atoms with Crippen LogP contribution in [-0.4, -0.2) is 47.1 Å². The van der Waals surface area contributed by atoms with Gasteiger partial charge < -0.3 is 10.1 Å². The number of halogens is 3. The molecule has 1 fully saturated rings. The number of anilines is 1. The number of benzene rings is 2. The van der Waals surface area contributed by atoms with Crippen molar-refractivity contribution in [2.75, 3.05) is 31.6 Å². The number of nitrogens with one attached hydrogen (secondary N) is 1. The lowest BCUT2D eigenvalue weighted by Gasteiger charge is -2.26. The first-order valence-electron chi connectivity index (χ1n) is 12.0. The summed E-state index contributed by atoms with van der Waals surface area (Å²) in [5.41, 5.74) is 2.80. The van der Waals surface area contributed by atoms with Crippen molar-refractivity contribution in [3.8, 4) is 11.3 Å². The normalized spacial score (nSPS) is 14.6. The van der Waals surface area contributed by atoms with Gasteiger partial charge in [-0.05, 0) is 35.9 Å². The summed E-state index contributed by atoms with van der Waals surface area (Å²) >= 11 is 0. The topological polar surface area (TPSA) is 67.4 Å². The molecule has 0 saturated carbocycles. The Morgan fingerprint density at radius 3 is 2.57 bits per heavy atom. The van der Waals surface area contributed by atoms with Crippen LogP contribution in [0.25, 0.3) is 22.2 Å². The van der Waals surface area contributed by atoms with Gasteiger partial charge in [-0.2, -0.15) is 13.2 Å². The van der Waals surface area contributed by atoms with Crippen LogP contribution in [0.5, 0.6) is 0 Å². The molecule has 5 rings (SSSR count). The zero-order valence-corrected chi connectivity index (χ0v) is 20.0. The Labute approximate surface area is 212 Å². The number of ether oxygens (including phenoxy) is 1. The van der Waals surface area contributed by atoms with Gasteiger partial charge in [0.05, 0.1) is 54.0 Å². The highest BCUT2D eigenvalue weighted by molar-refractivity contribution is 5.95. The molecule has 2 aromatic carbocycles. The van der Waals surface area contributed by atoms with E-state index >= 15 is 0 Å². The van der Waals surface area contributed by atoms with Gasteiger partial charge in [-0.3, -0.25) is 14.7 Å². The summed E-state index contributed by atoms with van der Waals surface area (Å²) in [5.74, 6) is -0.235. The van der Waals surface area contributed by atoms with Crippen LogP contribution in [0.15, 0.2) is 72.9 Å². The van der Waals surface area contributed by atoms with Crippen molar-refractivity contribution in [1.82, 2.24) is 14.9 Å². The Bertz CT molecular complexity index is 1400. The number of carbonyl (C=O) groups excluding carboxylic acids is 1. The maximum atomic E-state index is 13.2. The lowest BCUT2D eigenvalue weighted by Crippen LogP contribution is -2.35. The minimum absolute atomic E-state index is 0.0614. The molecule has 0 atom stereocenters. The number of rotatable bonds is 6. The zero-order chi connectivity index (χ0) is 25.8. The molecule has 0 bridgehead atoms. The third-order valence-corrected chi connectivity index (χ3v) is 6.24. The number of hydrogen-bond donors (Lipinski definition) is 1. The highest BCUT2D eigenvalue weighted by Crippen LogP contribution is 2.32. The molecule has 1 amide bonds. The Hall–Kier alpha value is -3.82. The van der Waals surface area contributed by atoms with Crippen LogP contribution in [0.4, 0.5) is 18.9 Å². The van der Waals surface area contributed by atoms with Gasteiger partial charge in [-0.25, -0.2) is 4.98 Å². The molecule has 0 aliphatic carbocycles. The molecule has 190 valence electrons. The fourth-order valence-electron chi connectivity index (χ4n) is 4.33. The summed E-state index contributed by atoms with van der Waals surface area (Å²) in [5, 5.41) is 3.67. The largest absolute Gasteiger partial charge is 0.416 e. The zero-order valence-electron chi connectivity index (χ0n) is 20.0. The van der Waals surface area contributed by atoms with Crippen LogP contribution in [0, 0.1) is 0 Å². The summed E-state index contributed by atoms with van der Waals surface area (Å²) in [6.45, 7) is 3.91. The molecule has 1 aliphatic rings. The number of carbonyl (C=O) groups is 1. The number of hydrogen-bond acceptors (Lipinski definition) is 5. The number of morpholine rings is 1. The van der Waals surface area contributed by atoms with Crippen LogP contribution in [0.1, 0.15) is 16.8 Å². The second kappa shape index (κ2) is 10.7. The van der Waals surface area contributed by atoms with Crippen LogP contribution in [0.2, 0.25) is 0 Å². The predicted octanol–water partition coefficient (Wildman–Crippen LogP) is 5.33. The van der Waals surface area contributed by atoms with Gasteiger partial charge in [-0.1, -0.05) is 36.4 Å². The van der Waals surface area contributed by atoms with Crippen LogP contribution in [-0.2, 0) is 28.7 Å². The second-order valence-electron chi connectivity index (χ2n) is 8.92. The molecule has 1 N–H and O–H groups in total. The monoisotopic (exact) mass is 506 g/mol. The van der Waals surface area contributed by atoms with E-state index in [1.54, 1.807) is 30.5 Å². The molecule has 1 aliphatic heterocycles. The van der Waals surface area contributed by atoms with E-state index in [0.29, 0.717) is 28.0 Å². The van der Waals surface area contributed by atoms with Crippen LogP contribution >= 0.6 is 0 Å². The Morgan fingerprint density at radius 1 is 1.00 bits per heavy atom. The highest BCUT2D eigenvalue weighted by atomic mass is 19.4. The molecule has 2 aromatic heterocycles. The maximum Gasteiger partial charge on any atom is 0.416 e. The summed E-state index contributed by atoms with van der Waals surface area (Å²) in [6, 6.07) is 17.8. The molecule has 6 nitrogen and oxygen atoms in total. The molecular weight excluding hydrogens is 481 g/mol. The summed E-state index contributed by atoms with van der Waals surface area (Å²) < 4.78 is 44.9. The molecule has 9 heteroatoms. The quantitative estimate of drug-likeness (QED) is 0.383. The van der Waals surface area contributed by atoms with Gasteiger partial charge in [0.15, 0.2) is 0 Å². The number of fused-ring (bicyclic) bond motifs is 1. The molecule has 1 saturated heterocycles. The van der Waals surface area contributed by atoms with E-state index < -0.39 is 11.7 Å². The van der Waals surface area contributed by atoms with Gasteiger partial charge in [-0.15, -0.1) is 0 Å². The van der Waals surface area contributed by atoms with Crippen molar-refractivity contribution in [3.63, 3.8) is 0 Å². The number of amides is 1. The third-order valence-electron chi connectivity index (χ3n) is 6.24. The SMILES string of the molecule is O=C(Cc1cccc2ccc(-c3cccc(C(F)(F)F)c3)nc12)Nc1ccc(CN2CCOCC2)nc1. The van der Waals surface area contributed by atoms with E-state index in [4.69, 9.17) is 4.74 Å². The van der Waals surface area contributed by atoms with Crippen molar-refractivity contribution in [2.45, 2.75) is 19.1 Å². The van der Waals surface area contributed by atoms with Gasteiger partial charge in [0.25, 0.3) is 0 Å². The van der Waals surface area contributed by atoms with Crippen LogP contribution in [0.3, 0.4) is 0 Å². The van der Waals surface area contributed by atoms with Gasteiger partial charge in [0.1, 0.15) is 0 Å². The number of nitrogens with zero attached hydrogens (tertiary/aromatic N) is 3. The molecular formula is C28H25F3N4O2. The molecule has 3 heterocycles. The average molecular weight is 507 g/mol. The van der Waals surface area contributed by atoms with E-state index in [1.807, 2.05) is 24.3 Å². The molecule has 37 heavy (non-hydrogen) atoms. The first-order chi connectivity index (χ1) is 17.8. The lowest BCUT2D eigenvalue weighted by atomic mass is 10.0. The summed E-state index contributed by atoms with van der Waals surface area (Å²) in [7, 11) is 0. The minimum Gasteiger partial charge on any atom is -0.379 e. The van der Waals surface area contributed by atoms with E-state index in [1.165, 1.54) is 6.07 Å². The Morgan fingerprint density at radius 2 is 1.81 bits per heavy atom. The standard InChI is InChI=1S/C28H25F3N4O2/c29-28(30,31)22-6-2-4-20(15-22)25-10-7-19-3-1-5-21(27(19)34-25)16-26(36)33-23-8-9-24(32-17-23)18-35-11-13-37-14-12-35/h1-10,15,17H,11-14,16,18H2,(H,33,36). The molecule has 0 radical (unpaired) electrons. The average Bonchev–Trinajstić information content (AvgIpc) is 2.90. The van der Waals surface area contributed by atoms with Crippen molar-refractivity contribution in [3.05, 3.63) is 89.7 Å².